The Labute approximate surface area is 130 Å². The molecule has 1 aliphatic rings. The van der Waals surface area contributed by atoms with Gasteiger partial charge in [-0.3, -0.25) is 5.73 Å². The lowest BCUT2D eigenvalue weighted by atomic mass is 10.1. The van der Waals surface area contributed by atoms with E-state index in [-0.39, 0.29) is 0 Å². The highest BCUT2D eigenvalue weighted by atomic mass is 35.5. The van der Waals surface area contributed by atoms with Crippen LogP contribution in [0.2, 0.25) is 5.02 Å². The molecule has 1 aliphatic heterocycles. The second-order valence-electron chi connectivity index (χ2n) is 5.34. The van der Waals surface area contributed by atoms with Crippen LogP contribution in [0.4, 0.5) is 0 Å². The van der Waals surface area contributed by atoms with Crippen molar-refractivity contribution in [1.82, 2.24) is 15.5 Å². The molecule has 114 valence electrons. The molecule has 1 aromatic carbocycles. The number of aliphatic imine (C=N–C) groups is 1. The van der Waals surface area contributed by atoms with Crippen LogP contribution < -0.4 is 16.4 Å². The van der Waals surface area contributed by atoms with E-state index < -0.39 is 5.79 Å². The predicted molar refractivity (Wildman–Crippen MR) is 88.2 cm³/mol. The van der Waals surface area contributed by atoms with Crippen LogP contribution in [-0.4, -0.2) is 38.3 Å². The third-order valence-corrected chi connectivity index (χ3v) is 3.44. The van der Waals surface area contributed by atoms with E-state index in [0.29, 0.717) is 5.02 Å². The molecule has 0 aromatic heterocycles. The van der Waals surface area contributed by atoms with Gasteiger partial charge in [-0.1, -0.05) is 23.7 Å². The number of nitrogens with one attached hydrogen (secondary N) is 2. The number of benzene rings is 1. The Kier molecular flexibility index (Phi) is 5.22. The summed E-state index contributed by atoms with van der Waals surface area (Å²) in [6.45, 7) is 1.91. The van der Waals surface area contributed by atoms with E-state index in [0.717, 1.165) is 30.9 Å². The number of allylic oxidation sites excluding steroid dienone is 1. The summed E-state index contributed by atoms with van der Waals surface area (Å²) >= 11 is 6.02. The van der Waals surface area contributed by atoms with Crippen LogP contribution in [0.15, 0.2) is 41.2 Å². The monoisotopic (exact) mass is 307 g/mol. The molecule has 2 rings (SSSR count). The maximum absolute atomic E-state index is 6.34. The van der Waals surface area contributed by atoms with Crippen molar-refractivity contribution in [3.63, 3.8) is 0 Å². The minimum atomic E-state index is -0.983. The number of halogens is 1. The number of hydrogen-bond donors (Lipinski definition) is 3. The van der Waals surface area contributed by atoms with Gasteiger partial charge >= 0.3 is 0 Å². The van der Waals surface area contributed by atoms with E-state index in [1.54, 1.807) is 6.21 Å². The minimum absolute atomic E-state index is 0.643. The van der Waals surface area contributed by atoms with E-state index in [9.17, 15) is 0 Å². The lowest BCUT2D eigenvalue weighted by molar-refractivity contribution is 0.371. The van der Waals surface area contributed by atoms with Crippen LogP contribution in [0.5, 0.6) is 0 Å². The van der Waals surface area contributed by atoms with Crippen molar-refractivity contribution in [3.8, 4) is 0 Å². The van der Waals surface area contributed by atoms with Crippen LogP contribution in [-0.2, 0) is 5.79 Å². The highest BCUT2D eigenvalue weighted by molar-refractivity contribution is 6.30. The molecule has 0 saturated carbocycles. The summed E-state index contributed by atoms with van der Waals surface area (Å²) in [5, 5.41) is 7.20. The predicted octanol–water partition coefficient (Wildman–Crippen LogP) is 1.47. The quantitative estimate of drug-likeness (QED) is 0.696. The number of hydrogen-bond acceptors (Lipinski definition) is 5. The van der Waals surface area contributed by atoms with Crippen molar-refractivity contribution < 1.29 is 0 Å². The SMILES string of the molecule is CN(C)CCCNC1=CC=NC(N)(c2cccc(Cl)c2)N1. The Bertz CT molecular complexity index is 541. The Balaban J connectivity index is 1.96. The largest absolute Gasteiger partial charge is 0.372 e. The molecule has 0 fully saturated rings. The second-order valence-corrected chi connectivity index (χ2v) is 5.78. The van der Waals surface area contributed by atoms with Crippen molar-refractivity contribution in [2.24, 2.45) is 10.7 Å². The van der Waals surface area contributed by atoms with Crippen molar-refractivity contribution in [2.45, 2.75) is 12.2 Å². The topological polar surface area (TPSA) is 65.7 Å². The third kappa shape index (κ3) is 4.46. The van der Waals surface area contributed by atoms with Crippen molar-refractivity contribution in [3.05, 3.63) is 46.7 Å². The van der Waals surface area contributed by atoms with Crippen LogP contribution in [0.1, 0.15) is 12.0 Å². The molecule has 5 nitrogen and oxygen atoms in total. The van der Waals surface area contributed by atoms with Gasteiger partial charge in [0.15, 0.2) is 0 Å². The molecule has 4 N–H and O–H groups in total. The standard InChI is InChI=1S/C15H22ClN5/c1-21(2)10-4-8-18-14-7-9-19-15(17,20-14)12-5-3-6-13(16)11-12/h3,5-7,9,11,18,20H,4,8,10,17H2,1-2H3. The van der Waals surface area contributed by atoms with Gasteiger partial charge in [-0.25, -0.2) is 4.99 Å². The molecule has 0 saturated heterocycles. The maximum atomic E-state index is 6.34. The third-order valence-electron chi connectivity index (χ3n) is 3.21. The first kappa shape index (κ1) is 15.8. The Morgan fingerprint density at radius 3 is 2.95 bits per heavy atom. The molecular formula is C15H22ClN5. The van der Waals surface area contributed by atoms with Crippen LogP contribution in [0.3, 0.4) is 0 Å². The number of nitrogens with zero attached hydrogens (tertiary/aromatic N) is 2. The molecule has 0 amide bonds. The zero-order valence-electron chi connectivity index (χ0n) is 12.4. The molecular weight excluding hydrogens is 286 g/mol. The molecule has 1 atom stereocenters. The van der Waals surface area contributed by atoms with E-state index in [1.807, 2.05) is 30.3 Å². The van der Waals surface area contributed by atoms with Crippen LogP contribution in [0, 0.1) is 0 Å². The summed E-state index contributed by atoms with van der Waals surface area (Å²) < 4.78 is 0. The van der Waals surface area contributed by atoms with Gasteiger partial charge in [-0.05, 0) is 45.3 Å². The first-order valence-corrected chi connectivity index (χ1v) is 7.35. The normalized spacial score (nSPS) is 21.1. The summed E-state index contributed by atoms with van der Waals surface area (Å²) in [6, 6.07) is 7.41. The number of rotatable bonds is 6. The molecule has 1 heterocycles. The summed E-state index contributed by atoms with van der Waals surface area (Å²) in [4.78, 5) is 6.50. The van der Waals surface area contributed by atoms with Crippen LogP contribution in [0.25, 0.3) is 0 Å². The zero-order valence-corrected chi connectivity index (χ0v) is 13.2. The Morgan fingerprint density at radius 2 is 2.24 bits per heavy atom. The first-order chi connectivity index (χ1) is 9.99. The maximum Gasteiger partial charge on any atom is 0.210 e. The zero-order chi connectivity index (χ0) is 15.3. The summed E-state index contributed by atoms with van der Waals surface area (Å²) in [7, 11) is 4.13. The second kappa shape index (κ2) is 6.93. The summed E-state index contributed by atoms with van der Waals surface area (Å²) in [5.74, 6) is -0.116. The van der Waals surface area contributed by atoms with E-state index in [1.165, 1.54) is 0 Å². The van der Waals surface area contributed by atoms with Gasteiger partial charge in [-0.15, -0.1) is 0 Å². The molecule has 0 spiro atoms. The van der Waals surface area contributed by atoms with Crippen molar-refractivity contribution in [2.75, 3.05) is 27.2 Å². The Hall–Kier alpha value is -1.56. The van der Waals surface area contributed by atoms with Crippen molar-refractivity contribution >= 4 is 17.8 Å². The smallest absolute Gasteiger partial charge is 0.210 e. The molecule has 21 heavy (non-hydrogen) atoms. The summed E-state index contributed by atoms with van der Waals surface area (Å²) in [5.41, 5.74) is 7.16. The molecule has 0 aliphatic carbocycles. The molecule has 0 bridgehead atoms. The van der Waals surface area contributed by atoms with Gasteiger partial charge in [0.2, 0.25) is 5.79 Å². The van der Waals surface area contributed by atoms with Gasteiger partial charge in [0.25, 0.3) is 0 Å². The average molecular weight is 308 g/mol. The van der Waals surface area contributed by atoms with E-state index in [4.69, 9.17) is 17.3 Å². The Morgan fingerprint density at radius 1 is 1.43 bits per heavy atom. The first-order valence-electron chi connectivity index (χ1n) is 6.97. The highest BCUT2D eigenvalue weighted by Gasteiger charge is 2.28. The van der Waals surface area contributed by atoms with Crippen molar-refractivity contribution in [1.29, 1.82) is 0 Å². The highest BCUT2D eigenvalue weighted by Crippen LogP contribution is 2.22. The van der Waals surface area contributed by atoms with Gasteiger partial charge in [-0.2, -0.15) is 0 Å². The summed E-state index contributed by atoms with van der Waals surface area (Å²) in [6.07, 6.45) is 4.65. The molecule has 1 aromatic rings. The fraction of sp³-hybridized carbons (Fsp3) is 0.400. The van der Waals surface area contributed by atoms with Gasteiger partial charge in [0, 0.05) is 23.3 Å². The molecule has 1 unspecified atom stereocenters. The molecule has 0 radical (unpaired) electrons. The lowest BCUT2D eigenvalue weighted by Crippen LogP contribution is -2.52. The molecule has 6 heteroatoms. The fourth-order valence-corrected chi connectivity index (χ4v) is 2.29. The van der Waals surface area contributed by atoms with E-state index >= 15 is 0 Å². The fourth-order valence-electron chi connectivity index (χ4n) is 2.10. The van der Waals surface area contributed by atoms with Gasteiger partial charge in [0.1, 0.15) is 5.82 Å². The number of nitrogens with two attached hydrogens (primary N) is 1. The van der Waals surface area contributed by atoms with Gasteiger partial charge < -0.3 is 15.5 Å². The van der Waals surface area contributed by atoms with Gasteiger partial charge in [0.05, 0.1) is 0 Å². The van der Waals surface area contributed by atoms with E-state index in [2.05, 4.69) is 34.6 Å². The lowest BCUT2D eigenvalue weighted by Gasteiger charge is -2.32. The minimum Gasteiger partial charge on any atom is -0.372 e. The average Bonchev–Trinajstić information content (AvgIpc) is 2.44. The van der Waals surface area contributed by atoms with Crippen LogP contribution >= 0.6 is 11.6 Å².